The molecule has 0 fully saturated rings. The minimum absolute atomic E-state index is 0.0117. The highest BCUT2D eigenvalue weighted by Gasteiger charge is 2.21. The Hall–Kier alpha value is -2.11. The van der Waals surface area contributed by atoms with Crippen LogP contribution in [-0.4, -0.2) is 39.9 Å². The van der Waals surface area contributed by atoms with Gasteiger partial charge in [-0.25, -0.2) is 0 Å². The average Bonchev–Trinajstić information content (AvgIpc) is 2.35. The summed E-state index contributed by atoms with van der Waals surface area (Å²) in [6, 6.07) is 2.91. The van der Waals surface area contributed by atoms with E-state index in [9.17, 15) is 4.79 Å². The smallest absolute Gasteiger partial charge is 0.256 e. The molecule has 92 valence electrons. The highest BCUT2D eigenvalue weighted by Crippen LogP contribution is 2.09. The number of aryl methyl sites for hydroxylation is 1. The fourth-order valence-electron chi connectivity index (χ4n) is 1.36. The van der Waals surface area contributed by atoms with Gasteiger partial charge in [-0.1, -0.05) is 5.16 Å². The Bertz CT molecular complexity index is 445. The number of hydrogen-bond acceptors (Lipinski definition) is 4. The number of likely N-dealkylation sites (N-methyl/N-ethyl adjacent to an activating group) is 1. The van der Waals surface area contributed by atoms with Crippen LogP contribution in [0, 0.1) is 6.92 Å². The van der Waals surface area contributed by atoms with Gasteiger partial charge in [-0.2, -0.15) is 0 Å². The molecular formula is C11H16N4O2. The largest absolute Gasteiger partial charge is 0.409 e. The van der Waals surface area contributed by atoms with Gasteiger partial charge in [0.2, 0.25) is 0 Å². The quantitative estimate of drug-likeness (QED) is 0.348. The third kappa shape index (κ3) is 2.72. The summed E-state index contributed by atoms with van der Waals surface area (Å²) in [5.41, 5.74) is 6.62. The molecule has 6 heteroatoms. The number of carbonyl (C=O) groups is 1. The molecule has 1 unspecified atom stereocenters. The SMILES string of the molecule is Cc1ncccc1C(=O)N(C)C(C)C(N)=NO. The predicted octanol–water partition coefficient (Wildman–Crippen LogP) is 0.597. The summed E-state index contributed by atoms with van der Waals surface area (Å²) in [5, 5.41) is 11.5. The molecule has 1 aromatic rings. The van der Waals surface area contributed by atoms with Crippen molar-refractivity contribution >= 4 is 11.7 Å². The molecule has 0 aliphatic carbocycles. The van der Waals surface area contributed by atoms with Crippen molar-refractivity contribution in [3.05, 3.63) is 29.6 Å². The standard InChI is InChI=1S/C11H16N4O2/c1-7-9(5-4-6-13-7)11(16)15(3)8(2)10(12)14-17/h4-6,8,17H,1-3H3,(H2,12,14). The van der Waals surface area contributed by atoms with Gasteiger partial charge in [-0.15, -0.1) is 0 Å². The first-order valence-electron chi connectivity index (χ1n) is 5.15. The third-order valence-electron chi connectivity index (χ3n) is 2.68. The highest BCUT2D eigenvalue weighted by molar-refractivity contribution is 5.98. The van der Waals surface area contributed by atoms with E-state index < -0.39 is 6.04 Å². The topological polar surface area (TPSA) is 91.8 Å². The maximum Gasteiger partial charge on any atom is 0.256 e. The summed E-state index contributed by atoms with van der Waals surface area (Å²) in [4.78, 5) is 17.6. The van der Waals surface area contributed by atoms with E-state index in [0.717, 1.165) is 0 Å². The van der Waals surface area contributed by atoms with Gasteiger partial charge < -0.3 is 15.8 Å². The van der Waals surface area contributed by atoms with E-state index in [4.69, 9.17) is 10.9 Å². The van der Waals surface area contributed by atoms with E-state index in [0.29, 0.717) is 11.3 Å². The lowest BCUT2D eigenvalue weighted by molar-refractivity contribution is 0.0775. The minimum atomic E-state index is -0.480. The van der Waals surface area contributed by atoms with Crippen molar-refractivity contribution in [1.29, 1.82) is 0 Å². The zero-order chi connectivity index (χ0) is 13.0. The number of amidine groups is 1. The van der Waals surface area contributed by atoms with Gasteiger partial charge in [0.1, 0.15) is 0 Å². The second-order valence-electron chi connectivity index (χ2n) is 3.75. The van der Waals surface area contributed by atoms with Gasteiger partial charge in [0, 0.05) is 18.9 Å². The summed E-state index contributed by atoms with van der Waals surface area (Å²) >= 11 is 0. The first-order valence-corrected chi connectivity index (χ1v) is 5.15. The fraction of sp³-hybridized carbons (Fsp3) is 0.364. The lowest BCUT2D eigenvalue weighted by Gasteiger charge is -2.24. The first-order chi connectivity index (χ1) is 7.99. The molecule has 0 aliphatic rings. The van der Waals surface area contributed by atoms with Crippen molar-refractivity contribution in [2.24, 2.45) is 10.9 Å². The van der Waals surface area contributed by atoms with Crippen molar-refractivity contribution in [2.45, 2.75) is 19.9 Å². The van der Waals surface area contributed by atoms with Crippen molar-refractivity contribution in [2.75, 3.05) is 7.05 Å². The zero-order valence-corrected chi connectivity index (χ0v) is 10.1. The number of nitrogens with zero attached hydrogens (tertiary/aromatic N) is 3. The Morgan fingerprint density at radius 3 is 2.82 bits per heavy atom. The number of carbonyl (C=O) groups excluding carboxylic acids is 1. The van der Waals surface area contributed by atoms with Crippen LogP contribution in [0.25, 0.3) is 0 Å². The molecule has 1 aromatic heterocycles. The van der Waals surface area contributed by atoms with Crippen LogP contribution in [0.3, 0.4) is 0 Å². The van der Waals surface area contributed by atoms with Crippen molar-refractivity contribution in [3.63, 3.8) is 0 Å². The molecule has 17 heavy (non-hydrogen) atoms. The Morgan fingerprint density at radius 2 is 2.29 bits per heavy atom. The van der Waals surface area contributed by atoms with Crippen LogP contribution in [0.2, 0.25) is 0 Å². The summed E-state index contributed by atoms with van der Waals surface area (Å²) in [6.07, 6.45) is 1.62. The Balaban J connectivity index is 2.95. The van der Waals surface area contributed by atoms with E-state index in [1.807, 2.05) is 0 Å². The lowest BCUT2D eigenvalue weighted by Crippen LogP contribution is -2.44. The molecule has 1 rings (SSSR count). The molecule has 3 N–H and O–H groups in total. The van der Waals surface area contributed by atoms with Crippen LogP contribution >= 0.6 is 0 Å². The van der Waals surface area contributed by atoms with Crippen LogP contribution in [0.15, 0.2) is 23.5 Å². The number of hydrogen-bond donors (Lipinski definition) is 2. The third-order valence-corrected chi connectivity index (χ3v) is 2.68. The monoisotopic (exact) mass is 236 g/mol. The molecule has 1 heterocycles. The average molecular weight is 236 g/mol. The van der Waals surface area contributed by atoms with E-state index in [-0.39, 0.29) is 11.7 Å². The maximum absolute atomic E-state index is 12.1. The van der Waals surface area contributed by atoms with Crippen molar-refractivity contribution in [3.8, 4) is 0 Å². The van der Waals surface area contributed by atoms with Crippen LogP contribution in [0.5, 0.6) is 0 Å². The van der Waals surface area contributed by atoms with Crippen LogP contribution in [0.1, 0.15) is 23.0 Å². The zero-order valence-electron chi connectivity index (χ0n) is 10.1. The number of oxime groups is 1. The lowest BCUT2D eigenvalue weighted by atomic mass is 10.1. The molecule has 0 bridgehead atoms. The number of amides is 1. The molecule has 0 saturated heterocycles. The first kappa shape index (κ1) is 13.0. The molecule has 0 spiro atoms. The Morgan fingerprint density at radius 1 is 1.65 bits per heavy atom. The second-order valence-corrected chi connectivity index (χ2v) is 3.75. The van der Waals surface area contributed by atoms with Crippen LogP contribution < -0.4 is 5.73 Å². The van der Waals surface area contributed by atoms with E-state index >= 15 is 0 Å². The van der Waals surface area contributed by atoms with Crippen LogP contribution in [0.4, 0.5) is 0 Å². The summed E-state index contributed by atoms with van der Waals surface area (Å²) in [6.45, 7) is 3.44. The molecule has 1 amide bonds. The van der Waals surface area contributed by atoms with Gasteiger partial charge in [0.25, 0.3) is 5.91 Å². The van der Waals surface area contributed by atoms with E-state index in [1.54, 1.807) is 39.2 Å². The van der Waals surface area contributed by atoms with Gasteiger partial charge in [0.05, 0.1) is 11.6 Å². The summed E-state index contributed by atoms with van der Waals surface area (Å²) in [5.74, 6) is -0.225. The maximum atomic E-state index is 12.1. The van der Waals surface area contributed by atoms with Crippen LogP contribution in [-0.2, 0) is 0 Å². The molecule has 6 nitrogen and oxygen atoms in total. The Kier molecular flexibility index (Phi) is 4.03. The van der Waals surface area contributed by atoms with Gasteiger partial charge in [-0.3, -0.25) is 9.78 Å². The molecule has 0 aromatic carbocycles. The van der Waals surface area contributed by atoms with E-state index in [2.05, 4.69) is 10.1 Å². The van der Waals surface area contributed by atoms with Gasteiger partial charge in [-0.05, 0) is 26.0 Å². The molecule has 1 atom stereocenters. The Labute approximate surface area is 99.7 Å². The van der Waals surface area contributed by atoms with Gasteiger partial charge >= 0.3 is 0 Å². The normalized spacial score (nSPS) is 13.2. The number of nitrogens with two attached hydrogens (primary N) is 1. The predicted molar refractivity (Wildman–Crippen MR) is 63.9 cm³/mol. The summed E-state index contributed by atoms with van der Waals surface area (Å²) < 4.78 is 0. The van der Waals surface area contributed by atoms with E-state index in [1.165, 1.54) is 4.90 Å². The van der Waals surface area contributed by atoms with Crippen molar-refractivity contribution in [1.82, 2.24) is 9.88 Å². The number of aromatic nitrogens is 1. The number of rotatable bonds is 3. The summed E-state index contributed by atoms with van der Waals surface area (Å²) in [7, 11) is 1.59. The molecule has 0 aliphatic heterocycles. The molecule has 0 radical (unpaired) electrons. The fourth-order valence-corrected chi connectivity index (χ4v) is 1.36. The molecule has 0 saturated carbocycles. The molecular weight excluding hydrogens is 220 g/mol. The minimum Gasteiger partial charge on any atom is -0.409 e. The number of pyridine rings is 1. The highest BCUT2D eigenvalue weighted by atomic mass is 16.4. The van der Waals surface area contributed by atoms with Gasteiger partial charge in [0.15, 0.2) is 5.84 Å². The second kappa shape index (κ2) is 5.29. The van der Waals surface area contributed by atoms with Crippen molar-refractivity contribution < 1.29 is 10.0 Å².